The van der Waals surface area contributed by atoms with Crippen LogP contribution in [0.4, 0.5) is 17.2 Å². The summed E-state index contributed by atoms with van der Waals surface area (Å²) < 4.78 is 93.3. The van der Waals surface area contributed by atoms with Gasteiger partial charge in [0.15, 0.2) is 11.5 Å². The van der Waals surface area contributed by atoms with Crippen LogP contribution in [-0.4, -0.2) is 64.8 Å². The van der Waals surface area contributed by atoms with Gasteiger partial charge in [-0.25, -0.2) is 37.0 Å². The van der Waals surface area contributed by atoms with E-state index in [2.05, 4.69) is 66.9 Å². The number of imidazole rings is 1. The lowest BCUT2D eigenvalue weighted by Crippen LogP contribution is -2.27. The first-order chi connectivity index (χ1) is 30.4. The van der Waals surface area contributed by atoms with Crippen LogP contribution < -0.4 is 36.1 Å². The molecule has 2 aromatic heterocycles. The Morgan fingerprint density at radius 2 is 1.30 bits per heavy atom. The zero-order valence-electron chi connectivity index (χ0n) is 34.2. The van der Waals surface area contributed by atoms with Crippen LogP contribution in [0.25, 0.3) is 32.7 Å². The van der Waals surface area contributed by atoms with Crippen molar-refractivity contribution in [2.75, 3.05) is 29.8 Å². The average Bonchev–Trinajstić information content (AvgIpc) is 3.76. The Morgan fingerprint density at radius 3 is 1.91 bits per heavy atom. The molecule has 9 N–H and O–H groups in total. The highest BCUT2D eigenvalue weighted by Gasteiger charge is 2.38. The number of ether oxygens (including phenoxy) is 1. The first kappa shape index (κ1) is 53.1. The standard InChI is InChI=1S/C12H16NO8P3.C11H11N.C10H16N5O12P3/c1-9-5-3-7-11-10(9)6-4-8-12(11)13-23(16,17)21-24(18,19)20-22(2,14)15;1-8-4-2-6-10-9(8)5-3-7-11(10)12;11-9-8-10(13-3-12-9)15(4-14-8)7-1-5(16)6(25-7)2-24-29(20,21)27-30(22,23)26-28(17,18)19/h3-8H,1-2H3,(H,14,15)(H,18,19)(H2,13,16,17);2-7H,12H2,1H3;3-7,16H,1-2H2,(H,20,21)(H,22,23)(H2,11,12,13)(H2,17,18,19)/p-4/t;;5-,6-,7-/m..1/s1. The lowest BCUT2D eigenvalue weighted by molar-refractivity contribution is -0.242. The van der Waals surface area contributed by atoms with Gasteiger partial charge in [-0.2, -0.15) is 0 Å². The van der Waals surface area contributed by atoms with Crippen molar-refractivity contribution in [2.45, 2.75) is 38.7 Å². The molecule has 360 valence electrons. The van der Waals surface area contributed by atoms with Crippen LogP contribution in [0.2, 0.25) is 0 Å². The molecule has 0 spiro atoms. The predicted molar refractivity (Wildman–Crippen MR) is 228 cm³/mol. The lowest BCUT2D eigenvalue weighted by atomic mass is 10.0. The summed E-state index contributed by atoms with van der Waals surface area (Å²) in [6, 6.07) is 22.3. The zero-order valence-corrected chi connectivity index (χ0v) is 39.5. The molecule has 4 aromatic carbocycles. The molecular formula is C33H39N7O20P6-4. The Bertz CT molecular complexity index is 2980. The van der Waals surface area contributed by atoms with E-state index in [0.717, 1.165) is 22.0 Å². The number of aliphatic hydroxyl groups is 1. The predicted octanol–water partition coefficient (Wildman–Crippen LogP) is 3.21. The van der Waals surface area contributed by atoms with Gasteiger partial charge in [0.25, 0.3) is 23.5 Å². The van der Waals surface area contributed by atoms with Gasteiger partial charge in [-0.1, -0.05) is 60.7 Å². The summed E-state index contributed by atoms with van der Waals surface area (Å²) in [5.74, 6) is 0.112. The van der Waals surface area contributed by atoms with Gasteiger partial charge < -0.3 is 64.7 Å². The molecular weight excluding hydrogens is 1000 g/mol. The summed E-state index contributed by atoms with van der Waals surface area (Å²) in [4.78, 5) is 83.5. The molecule has 7 rings (SSSR count). The van der Waals surface area contributed by atoms with E-state index in [1.165, 1.54) is 34.2 Å². The molecule has 66 heavy (non-hydrogen) atoms. The Kier molecular flexibility index (Phi) is 16.7. The molecule has 1 aliphatic heterocycles. The maximum atomic E-state index is 12.0. The highest BCUT2D eigenvalue weighted by atomic mass is 31.3. The maximum absolute atomic E-state index is 12.0. The molecule has 0 aliphatic carbocycles. The van der Waals surface area contributed by atoms with Crippen molar-refractivity contribution in [3.8, 4) is 0 Å². The van der Waals surface area contributed by atoms with Crippen molar-refractivity contribution < 1.29 is 93.3 Å². The number of phosphoric ester groups is 1. The van der Waals surface area contributed by atoms with Crippen molar-refractivity contribution in [1.82, 2.24) is 19.5 Å². The first-order valence-corrected chi connectivity index (χ1v) is 27.8. The van der Waals surface area contributed by atoms with Gasteiger partial charge >= 0.3 is 15.6 Å². The van der Waals surface area contributed by atoms with E-state index in [9.17, 15) is 57.0 Å². The number of hydrogen-bond acceptors (Lipinski definition) is 22. The van der Waals surface area contributed by atoms with Crippen molar-refractivity contribution in [2.24, 2.45) is 0 Å². The van der Waals surface area contributed by atoms with Crippen LogP contribution in [0.1, 0.15) is 23.8 Å². The van der Waals surface area contributed by atoms with Gasteiger partial charge in [-0.05, 0) is 47.9 Å². The smallest absolute Gasteiger partial charge is 0.476 e. The normalized spacial score (nSPS) is 20.9. The van der Waals surface area contributed by atoms with Gasteiger partial charge in [-0.15, -0.1) is 0 Å². The van der Waals surface area contributed by atoms with Gasteiger partial charge in [0.05, 0.1) is 24.7 Å². The Balaban J connectivity index is 0.000000201. The quantitative estimate of drug-likeness (QED) is 0.0608. The summed E-state index contributed by atoms with van der Waals surface area (Å²) in [5.41, 5.74) is 15.3. The number of nitrogens with two attached hydrogens (primary N) is 2. The molecule has 27 nitrogen and oxygen atoms in total. The van der Waals surface area contributed by atoms with E-state index in [0.29, 0.717) is 17.7 Å². The van der Waals surface area contributed by atoms with Crippen molar-refractivity contribution >= 4 is 96.5 Å². The number of nitrogen functional groups attached to an aromatic ring is 2. The first-order valence-electron chi connectivity index (χ1n) is 18.3. The van der Waals surface area contributed by atoms with E-state index >= 15 is 0 Å². The third-order valence-corrected chi connectivity index (χ3v) is 16.7. The summed E-state index contributed by atoms with van der Waals surface area (Å²) in [6.45, 7) is 3.55. The Morgan fingerprint density at radius 1 is 0.742 bits per heavy atom. The highest BCUT2D eigenvalue weighted by molar-refractivity contribution is 7.69. The fourth-order valence-corrected chi connectivity index (χ4v) is 12.6. The number of hydrogen-bond donors (Lipinski definition) is 7. The second kappa shape index (κ2) is 20.8. The van der Waals surface area contributed by atoms with Crippen LogP contribution in [0.5, 0.6) is 0 Å². The molecule has 1 fully saturated rings. The number of aryl methyl sites for hydroxylation is 2. The van der Waals surface area contributed by atoms with Gasteiger partial charge in [0, 0.05) is 29.5 Å². The minimum Gasteiger partial charge on any atom is -0.778 e. The Hall–Kier alpha value is -3.83. The van der Waals surface area contributed by atoms with Gasteiger partial charge in [0.1, 0.15) is 31.8 Å². The number of aromatic nitrogens is 4. The van der Waals surface area contributed by atoms with Gasteiger partial charge in [-0.3, -0.25) is 27.7 Å². The van der Waals surface area contributed by atoms with E-state index < -0.39 is 71.7 Å². The van der Waals surface area contributed by atoms with Crippen LogP contribution in [0, 0.1) is 13.8 Å². The molecule has 1 saturated heterocycles. The molecule has 1 aliphatic rings. The van der Waals surface area contributed by atoms with E-state index in [-0.39, 0.29) is 23.4 Å². The minimum atomic E-state index is -5.95. The molecule has 5 unspecified atom stereocenters. The third kappa shape index (κ3) is 15.1. The van der Waals surface area contributed by atoms with Crippen LogP contribution in [-0.2, 0) is 53.9 Å². The summed E-state index contributed by atoms with van der Waals surface area (Å²) in [7, 11) is -32.4. The largest absolute Gasteiger partial charge is 0.778 e. The van der Waals surface area contributed by atoms with Crippen molar-refractivity contribution in [3.05, 3.63) is 96.6 Å². The highest BCUT2D eigenvalue weighted by Crippen LogP contribution is 2.63. The number of fused-ring (bicyclic) bond motifs is 3. The molecule has 0 saturated carbocycles. The number of aliphatic hydroxyl groups excluding tert-OH is 1. The van der Waals surface area contributed by atoms with E-state index in [1.54, 1.807) is 24.3 Å². The molecule has 6 aromatic rings. The SMILES string of the molecule is Cc1cccc2c(N)cccc12.Cc1cccc2c(NP(=O)(O)OP(=O)([O-])OP(C)(=O)[O-])cccc12.Nc1ncnc2c1ncn2[C@H]1C[C@@H](O)[C@@H](COP(=O)([O-])OP(=O)([O-])OP(=O)(O)O)O1. The fourth-order valence-electron chi connectivity index (χ4n) is 6.13. The number of phosphoric acid groups is 4. The molecule has 0 bridgehead atoms. The summed E-state index contributed by atoms with van der Waals surface area (Å²) in [5, 5.41) is 15.9. The minimum absolute atomic E-state index is 0.0330. The maximum Gasteiger partial charge on any atom is 0.476 e. The summed E-state index contributed by atoms with van der Waals surface area (Å²) in [6.07, 6.45) is -0.847. The average molecular weight is 1040 g/mol. The van der Waals surface area contributed by atoms with E-state index in [1.807, 2.05) is 31.2 Å². The third-order valence-electron chi connectivity index (χ3n) is 8.74. The molecule has 0 amide bonds. The van der Waals surface area contributed by atoms with Crippen molar-refractivity contribution in [1.29, 1.82) is 0 Å². The fraction of sp³-hybridized carbons (Fsp3) is 0.242. The van der Waals surface area contributed by atoms with Crippen LogP contribution >= 0.6 is 46.6 Å². The molecule has 8 atom stereocenters. The van der Waals surface area contributed by atoms with Crippen molar-refractivity contribution in [3.63, 3.8) is 0 Å². The monoisotopic (exact) mass is 1040 g/mol. The number of nitrogens with one attached hydrogen (secondary N) is 1. The lowest BCUT2D eigenvalue weighted by Gasteiger charge is -2.31. The van der Waals surface area contributed by atoms with Gasteiger partial charge in [0.2, 0.25) is 0 Å². The number of anilines is 3. The molecule has 3 heterocycles. The Labute approximate surface area is 373 Å². The molecule has 33 heteroatoms. The summed E-state index contributed by atoms with van der Waals surface area (Å²) >= 11 is 0. The number of nitrogens with zero attached hydrogens (tertiary/aromatic N) is 4. The number of benzene rings is 4. The molecule has 0 radical (unpaired) electrons. The van der Waals surface area contributed by atoms with Crippen LogP contribution in [0.3, 0.4) is 0 Å². The second-order valence-corrected chi connectivity index (χ2v) is 23.2. The second-order valence-electron chi connectivity index (χ2n) is 13.9. The van der Waals surface area contributed by atoms with Crippen LogP contribution in [0.15, 0.2) is 85.5 Å². The van der Waals surface area contributed by atoms with E-state index in [4.69, 9.17) is 26.0 Å². The number of rotatable bonds is 14. The topological polar surface area (TPSA) is 439 Å². The zero-order chi connectivity index (χ0) is 49.0.